The summed E-state index contributed by atoms with van der Waals surface area (Å²) in [5.74, 6) is 1.38. The second-order valence-electron chi connectivity index (χ2n) is 6.55. The second-order valence-corrected chi connectivity index (χ2v) is 6.55. The molecular formula is C22H28N2O4. The van der Waals surface area contributed by atoms with E-state index in [0.29, 0.717) is 32.7 Å². The van der Waals surface area contributed by atoms with E-state index in [4.69, 9.17) is 9.47 Å². The predicted octanol–water partition coefficient (Wildman–Crippen LogP) is 2.59. The zero-order valence-corrected chi connectivity index (χ0v) is 16.7. The van der Waals surface area contributed by atoms with Gasteiger partial charge in [0.15, 0.2) is 0 Å². The average Bonchev–Trinajstić information content (AvgIpc) is 2.67. The number of benzene rings is 2. The van der Waals surface area contributed by atoms with Gasteiger partial charge in [-0.2, -0.15) is 0 Å². The van der Waals surface area contributed by atoms with E-state index in [1.54, 1.807) is 12.0 Å². The molecule has 6 nitrogen and oxygen atoms in total. The number of nitrogens with one attached hydrogen (secondary N) is 1. The Morgan fingerprint density at radius 3 is 2.39 bits per heavy atom. The molecule has 0 aliphatic rings. The van der Waals surface area contributed by atoms with Gasteiger partial charge in [0.1, 0.15) is 18.1 Å². The molecule has 2 aromatic rings. The Morgan fingerprint density at radius 2 is 1.75 bits per heavy atom. The van der Waals surface area contributed by atoms with Gasteiger partial charge < -0.3 is 19.7 Å². The fourth-order valence-corrected chi connectivity index (χ4v) is 2.77. The molecule has 0 aliphatic carbocycles. The lowest BCUT2D eigenvalue weighted by Gasteiger charge is -2.21. The molecule has 0 aliphatic heterocycles. The van der Waals surface area contributed by atoms with Crippen LogP contribution in [0.2, 0.25) is 0 Å². The summed E-state index contributed by atoms with van der Waals surface area (Å²) in [6.07, 6.45) is 0.336. The van der Waals surface area contributed by atoms with Crippen molar-refractivity contribution in [2.24, 2.45) is 0 Å². The molecule has 0 atom stereocenters. The first-order chi connectivity index (χ1) is 13.5. The number of carbonyl (C=O) groups excluding carboxylic acids is 2. The van der Waals surface area contributed by atoms with E-state index in [1.807, 2.05) is 55.5 Å². The zero-order valence-electron chi connectivity index (χ0n) is 16.7. The first-order valence-corrected chi connectivity index (χ1v) is 9.32. The lowest BCUT2D eigenvalue weighted by atomic mass is 10.1. The van der Waals surface area contributed by atoms with Gasteiger partial charge >= 0.3 is 0 Å². The third-order valence-electron chi connectivity index (χ3n) is 4.29. The molecule has 0 bridgehead atoms. The minimum atomic E-state index is -0.0522. The van der Waals surface area contributed by atoms with Crippen molar-refractivity contribution in [3.63, 3.8) is 0 Å². The van der Waals surface area contributed by atoms with Gasteiger partial charge in [-0.3, -0.25) is 9.59 Å². The summed E-state index contributed by atoms with van der Waals surface area (Å²) in [5.41, 5.74) is 2.11. The van der Waals surface area contributed by atoms with Crippen LogP contribution in [0, 0.1) is 6.92 Å². The molecule has 6 heteroatoms. The predicted molar refractivity (Wildman–Crippen MR) is 109 cm³/mol. The van der Waals surface area contributed by atoms with Crippen LogP contribution in [0.25, 0.3) is 0 Å². The van der Waals surface area contributed by atoms with E-state index in [-0.39, 0.29) is 11.8 Å². The molecule has 0 unspecified atom stereocenters. The van der Waals surface area contributed by atoms with Crippen molar-refractivity contribution in [3.8, 4) is 11.5 Å². The first kappa shape index (κ1) is 21.3. The van der Waals surface area contributed by atoms with E-state index in [0.717, 1.165) is 22.6 Å². The van der Waals surface area contributed by atoms with Gasteiger partial charge in [0.2, 0.25) is 11.8 Å². The maximum atomic E-state index is 12.1. The molecule has 0 fully saturated rings. The Hall–Kier alpha value is -3.02. The fraction of sp³-hybridized carbons (Fsp3) is 0.364. The minimum absolute atomic E-state index is 0.0498. The molecular weight excluding hydrogens is 356 g/mol. The largest absolute Gasteiger partial charge is 0.497 e. The summed E-state index contributed by atoms with van der Waals surface area (Å²) in [4.78, 5) is 25.6. The standard InChI is InChI=1S/C22H28N2O4/c1-17-5-4-6-19(15-17)16-22(26)23-11-12-24(18(2)25)13-14-28-21-9-7-20(27-3)8-10-21/h4-10,15H,11-14,16H2,1-3H3,(H,23,26). The normalized spacial score (nSPS) is 10.2. The maximum absolute atomic E-state index is 12.1. The molecule has 0 aromatic heterocycles. The Labute approximate surface area is 166 Å². The zero-order chi connectivity index (χ0) is 20.4. The highest BCUT2D eigenvalue weighted by Crippen LogP contribution is 2.16. The third kappa shape index (κ3) is 7.31. The molecule has 150 valence electrons. The molecule has 0 spiro atoms. The number of nitrogens with zero attached hydrogens (tertiary/aromatic N) is 1. The highest BCUT2D eigenvalue weighted by molar-refractivity contribution is 5.78. The molecule has 28 heavy (non-hydrogen) atoms. The Morgan fingerprint density at radius 1 is 1.04 bits per heavy atom. The molecule has 0 radical (unpaired) electrons. The maximum Gasteiger partial charge on any atom is 0.224 e. The lowest BCUT2D eigenvalue weighted by molar-refractivity contribution is -0.129. The summed E-state index contributed by atoms with van der Waals surface area (Å²) in [6.45, 7) is 5.20. The van der Waals surface area contributed by atoms with Gasteiger partial charge in [-0.1, -0.05) is 29.8 Å². The van der Waals surface area contributed by atoms with Gasteiger partial charge in [0.25, 0.3) is 0 Å². The monoisotopic (exact) mass is 384 g/mol. The van der Waals surface area contributed by atoms with Crippen molar-refractivity contribution < 1.29 is 19.1 Å². The van der Waals surface area contributed by atoms with Crippen LogP contribution in [0.1, 0.15) is 18.1 Å². The highest BCUT2D eigenvalue weighted by Gasteiger charge is 2.10. The number of carbonyl (C=O) groups is 2. The van der Waals surface area contributed by atoms with Gasteiger partial charge in [0.05, 0.1) is 20.1 Å². The molecule has 1 N–H and O–H groups in total. The van der Waals surface area contributed by atoms with Crippen LogP contribution in [0.5, 0.6) is 11.5 Å². The molecule has 2 rings (SSSR count). The first-order valence-electron chi connectivity index (χ1n) is 9.32. The van der Waals surface area contributed by atoms with Crippen molar-refractivity contribution in [1.82, 2.24) is 10.2 Å². The smallest absolute Gasteiger partial charge is 0.224 e. The Bertz CT molecular complexity index is 774. The number of hydrogen-bond acceptors (Lipinski definition) is 4. The summed E-state index contributed by atoms with van der Waals surface area (Å²) in [7, 11) is 1.61. The van der Waals surface area contributed by atoms with Crippen LogP contribution in [-0.2, 0) is 16.0 Å². The van der Waals surface area contributed by atoms with E-state index in [2.05, 4.69) is 5.32 Å². The van der Waals surface area contributed by atoms with Gasteiger partial charge in [-0.05, 0) is 36.8 Å². The summed E-state index contributed by atoms with van der Waals surface area (Å²) < 4.78 is 10.8. The highest BCUT2D eigenvalue weighted by atomic mass is 16.5. The van der Waals surface area contributed by atoms with Crippen molar-refractivity contribution in [2.75, 3.05) is 33.4 Å². The number of amides is 2. The summed E-state index contributed by atoms with van der Waals surface area (Å²) >= 11 is 0. The number of hydrogen-bond donors (Lipinski definition) is 1. The molecule has 2 aromatic carbocycles. The second kappa shape index (κ2) is 11.0. The quantitative estimate of drug-likeness (QED) is 0.684. The Kier molecular flexibility index (Phi) is 8.34. The van der Waals surface area contributed by atoms with Gasteiger partial charge in [-0.15, -0.1) is 0 Å². The van der Waals surface area contributed by atoms with Crippen molar-refractivity contribution in [1.29, 1.82) is 0 Å². The third-order valence-corrected chi connectivity index (χ3v) is 4.29. The number of methoxy groups -OCH3 is 1. The van der Waals surface area contributed by atoms with Crippen molar-refractivity contribution in [3.05, 3.63) is 59.7 Å². The fourth-order valence-electron chi connectivity index (χ4n) is 2.77. The van der Waals surface area contributed by atoms with Crippen LogP contribution in [-0.4, -0.2) is 50.1 Å². The van der Waals surface area contributed by atoms with Crippen LogP contribution in [0.15, 0.2) is 48.5 Å². The molecule has 0 saturated heterocycles. The lowest BCUT2D eigenvalue weighted by Crippen LogP contribution is -2.39. The minimum Gasteiger partial charge on any atom is -0.497 e. The average molecular weight is 384 g/mol. The van der Waals surface area contributed by atoms with Crippen LogP contribution in [0.3, 0.4) is 0 Å². The number of aryl methyl sites for hydroxylation is 1. The van der Waals surface area contributed by atoms with Gasteiger partial charge in [-0.25, -0.2) is 0 Å². The van der Waals surface area contributed by atoms with Crippen molar-refractivity contribution in [2.45, 2.75) is 20.3 Å². The topological polar surface area (TPSA) is 67.9 Å². The Balaban J connectivity index is 1.71. The summed E-state index contributed by atoms with van der Waals surface area (Å²) in [5, 5.41) is 2.87. The van der Waals surface area contributed by atoms with E-state index in [1.165, 1.54) is 6.92 Å². The van der Waals surface area contributed by atoms with Gasteiger partial charge in [0, 0.05) is 20.0 Å². The molecule has 0 heterocycles. The SMILES string of the molecule is COc1ccc(OCCN(CCNC(=O)Cc2cccc(C)c2)C(C)=O)cc1. The number of rotatable bonds is 10. The van der Waals surface area contributed by atoms with Crippen LogP contribution in [0.4, 0.5) is 0 Å². The van der Waals surface area contributed by atoms with E-state index >= 15 is 0 Å². The number of ether oxygens (including phenoxy) is 2. The summed E-state index contributed by atoms with van der Waals surface area (Å²) in [6, 6.07) is 15.2. The van der Waals surface area contributed by atoms with Crippen LogP contribution >= 0.6 is 0 Å². The molecule has 2 amide bonds. The van der Waals surface area contributed by atoms with E-state index < -0.39 is 0 Å². The molecule has 0 saturated carbocycles. The van der Waals surface area contributed by atoms with E-state index in [9.17, 15) is 9.59 Å². The van der Waals surface area contributed by atoms with Crippen LogP contribution < -0.4 is 14.8 Å². The van der Waals surface area contributed by atoms with Crippen molar-refractivity contribution >= 4 is 11.8 Å².